The lowest BCUT2D eigenvalue weighted by atomic mass is 9.95. The summed E-state index contributed by atoms with van der Waals surface area (Å²) in [5, 5.41) is 0. The molecule has 0 radical (unpaired) electrons. The predicted molar refractivity (Wildman–Crippen MR) is 52.5 cm³/mol. The second kappa shape index (κ2) is 2.57. The first-order valence-corrected chi connectivity index (χ1v) is 5.23. The highest BCUT2D eigenvalue weighted by atomic mass is 16.1. The largest absolute Gasteiger partial charge is 0.298 e. The number of ketones is 1. The van der Waals surface area contributed by atoms with Crippen molar-refractivity contribution in [1.29, 1.82) is 0 Å². The van der Waals surface area contributed by atoms with Crippen LogP contribution in [0, 0.1) is 17.3 Å². The second-order valence-electron chi connectivity index (χ2n) is 4.99. The highest BCUT2D eigenvalue weighted by Crippen LogP contribution is 2.66. The molecule has 0 spiro atoms. The van der Waals surface area contributed by atoms with Gasteiger partial charge in [-0.2, -0.15) is 0 Å². The molecule has 1 saturated heterocycles. The molecule has 2 unspecified atom stereocenters. The Labute approximate surface area is 80.3 Å². The van der Waals surface area contributed by atoms with Crippen molar-refractivity contribution in [3.63, 3.8) is 0 Å². The summed E-state index contributed by atoms with van der Waals surface area (Å²) < 4.78 is 0. The summed E-state index contributed by atoms with van der Waals surface area (Å²) in [6.07, 6.45) is 1.22. The third-order valence-electron chi connectivity index (χ3n) is 4.41. The summed E-state index contributed by atoms with van der Waals surface area (Å²) in [6, 6.07) is 0.218. The smallest absolute Gasteiger partial charge is 0.147 e. The molecule has 0 bridgehead atoms. The molecule has 0 aromatic carbocycles. The minimum atomic E-state index is 0.218. The van der Waals surface area contributed by atoms with Gasteiger partial charge >= 0.3 is 0 Å². The van der Waals surface area contributed by atoms with Gasteiger partial charge in [0.2, 0.25) is 0 Å². The molecule has 2 aliphatic rings. The van der Waals surface area contributed by atoms with Gasteiger partial charge in [-0.25, -0.2) is 0 Å². The van der Waals surface area contributed by atoms with E-state index in [4.69, 9.17) is 0 Å². The van der Waals surface area contributed by atoms with Crippen molar-refractivity contribution in [1.82, 2.24) is 4.90 Å². The number of piperidine rings is 1. The molecule has 0 N–H and O–H groups in total. The Morgan fingerprint density at radius 1 is 1.62 bits per heavy atom. The van der Waals surface area contributed by atoms with Gasteiger partial charge in [0.05, 0.1) is 6.04 Å². The van der Waals surface area contributed by atoms with Crippen molar-refractivity contribution in [3.8, 4) is 0 Å². The third-order valence-corrected chi connectivity index (χ3v) is 4.41. The Bertz CT molecular complexity index is 250. The fourth-order valence-corrected chi connectivity index (χ4v) is 3.36. The number of hydrogen-bond acceptors (Lipinski definition) is 2. The SMILES string of the molecule is CCC1(C)[C@@H]2C(C(C)=O)N(C)C[C@@H]21. The van der Waals surface area contributed by atoms with E-state index in [9.17, 15) is 4.79 Å². The van der Waals surface area contributed by atoms with E-state index in [-0.39, 0.29) is 6.04 Å². The van der Waals surface area contributed by atoms with Crippen LogP contribution in [0.3, 0.4) is 0 Å². The summed E-state index contributed by atoms with van der Waals surface area (Å²) in [5.41, 5.74) is 0.475. The van der Waals surface area contributed by atoms with Crippen LogP contribution >= 0.6 is 0 Å². The Morgan fingerprint density at radius 3 is 2.69 bits per heavy atom. The maximum atomic E-state index is 11.5. The van der Waals surface area contributed by atoms with E-state index in [1.54, 1.807) is 6.92 Å². The number of nitrogens with zero attached hydrogens (tertiary/aromatic N) is 1. The van der Waals surface area contributed by atoms with Gasteiger partial charge in [0.15, 0.2) is 0 Å². The zero-order chi connectivity index (χ0) is 9.80. The van der Waals surface area contributed by atoms with Crippen LogP contribution in [0.4, 0.5) is 0 Å². The van der Waals surface area contributed by atoms with Crippen molar-refractivity contribution in [3.05, 3.63) is 0 Å². The zero-order valence-electron chi connectivity index (χ0n) is 9.00. The molecule has 74 valence electrons. The monoisotopic (exact) mass is 181 g/mol. The first-order chi connectivity index (χ1) is 6.02. The van der Waals surface area contributed by atoms with Gasteiger partial charge in [0, 0.05) is 6.54 Å². The van der Waals surface area contributed by atoms with Crippen molar-refractivity contribution < 1.29 is 4.79 Å². The van der Waals surface area contributed by atoms with E-state index < -0.39 is 0 Å². The number of fused-ring (bicyclic) bond motifs is 1. The molecule has 2 nitrogen and oxygen atoms in total. The summed E-state index contributed by atoms with van der Waals surface area (Å²) in [4.78, 5) is 13.7. The fourth-order valence-electron chi connectivity index (χ4n) is 3.36. The summed E-state index contributed by atoms with van der Waals surface area (Å²) in [6.45, 7) is 7.44. The molecule has 0 aromatic rings. The summed E-state index contributed by atoms with van der Waals surface area (Å²) in [7, 11) is 2.08. The number of carbonyl (C=O) groups is 1. The van der Waals surface area contributed by atoms with Crippen LogP contribution in [0.1, 0.15) is 27.2 Å². The third kappa shape index (κ3) is 1.01. The zero-order valence-corrected chi connectivity index (χ0v) is 9.00. The number of Topliss-reactive ketones (excluding diaryl/α,β-unsaturated/α-hetero) is 1. The molecule has 0 aromatic heterocycles. The van der Waals surface area contributed by atoms with E-state index in [1.165, 1.54) is 6.42 Å². The van der Waals surface area contributed by atoms with Crippen LogP contribution in [0.2, 0.25) is 0 Å². The van der Waals surface area contributed by atoms with Crippen LogP contribution < -0.4 is 0 Å². The lowest BCUT2D eigenvalue weighted by Gasteiger charge is -2.26. The van der Waals surface area contributed by atoms with Gasteiger partial charge < -0.3 is 0 Å². The van der Waals surface area contributed by atoms with Gasteiger partial charge in [-0.15, -0.1) is 0 Å². The maximum absolute atomic E-state index is 11.5. The Kier molecular flexibility index (Phi) is 1.82. The number of likely N-dealkylation sites (tertiary alicyclic amines) is 1. The quantitative estimate of drug-likeness (QED) is 0.644. The Balaban J connectivity index is 2.17. The second-order valence-corrected chi connectivity index (χ2v) is 4.99. The van der Waals surface area contributed by atoms with Crippen molar-refractivity contribution in [2.45, 2.75) is 33.2 Å². The first kappa shape index (κ1) is 9.20. The Morgan fingerprint density at radius 2 is 2.23 bits per heavy atom. The van der Waals surface area contributed by atoms with Gasteiger partial charge in [0.25, 0.3) is 0 Å². The molecule has 13 heavy (non-hydrogen) atoms. The molecular formula is C11H19NO. The van der Waals surface area contributed by atoms with Gasteiger partial charge in [-0.05, 0) is 31.2 Å². The van der Waals surface area contributed by atoms with E-state index in [1.807, 2.05) is 0 Å². The molecule has 1 aliphatic carbocycles. The lowest BCUT2D eigenvalue weighted by Crippen LogP contribution is -2.38. The summed E-state index contributed by atoms with van der Waals surface area (Å²) in [5.74, 6) is 1.79. The van der Waals surface area contributed by atoms with Gasteiger partial charge in [-0.3, -0.25) is 9.69 Å². The van der Waals surface area contributed by atoms with E-state index in [2.05, 4.69) is 25.8 Å². The first-order valence-electron chi connectivity index (χ1n) is 5.23. The molecule has 2 fully saturated rings. The topological polar surface area (TPSA) is 20.3 Å². The molecule has 2 rings (SSSR count). The van der Waals surface area contributed by atoms with Gasteiger partial charge in [0.1, 0.15) is 5.78 Å². The highest BCUT2D eigenvalue weighted by molar-refractivity contribution is 5.83. The van der Waals surface area contributed by atoms with Crippen molar-refractivity contribution in [2.75, 3.05) is 13.6 Å². The molecule has 2 heteroatoms. The van der Waals surface area contributed by atoms with Crippen molar-refractivity contribution >= 4 is 5.78 Å². The molecule has 1 saturated carbocycles. The molecule has 0 amide bonds. The summed E-state index contributed by atoms with van der Waals surface area (Å²) >= 11 is 0. The van der Waals surface area contributed by atoms with Gasteiger partial charge in [-0.1, -0.05) is 20.3 Å². The normalized spacial score (nSPS) is 49.1. The van der Waals surface area contributed by atoms with Crippen molar-refractivity contribution in [2.24, 2.45) is 17.3 Å². The van der Waals surface area contributed by atoms with E-state index in [0.717, 1.165) is 12.5 Å². The fraction of sp³-hybridized carbons (Fsp3) is 0.909. The van der Waals surface area contributed by atoms with E-state index in [0.29, 0.717) is 17.1 Å². The number of likely N-dealkylation sites (N-methyl/N-ethyl adjacent to an activating group) is 1. The maximum Gasteiger partial charge on any atom is 0.147 e. The standard InChI is InChI=1S/C11H19NO/c1-5-11(3)8-6-12(4)10(7(2)13)9(8)11/h8-10H,5-6H2,1-4H3/t8-,9-,10?,11?/m0/s1. The average molecular weight is 181 g/mol. The van der Waals surface area contributed by atoms with Crippen LogP contribution in [-0.4, -0.2) is 30.3 Å². The molecule has 1 heterocycles. The minimum Gasteiger partial charge on any atom is -0.298 e. The Hall–Kier alpha value is -0.370. The van der Waals surface area contributed by atoms with Crippen LogP contribution in [-0.2, 0) is 4.79 Å². The van der Waals surface area contributed by atoms with Crippen LogP contribution in [0.15, 0.2) is 0 Å². The predicted octanol–water partition coefficient (Wildman–Crippen LogP) is 1.55. The molecular weight excluding hydrogens is 162 g/mol. The number of hydrogen-bond donors (Lipinski definition) is 0. The molecule has 4 atom stereocenters. The average Bonchev–Trinajstić information content (AvgIpc) is 2.47. The lowest BCUT2D eigenvalue weighted by molar-refractivity contribution is -0.122. The minimum absolute atomic E-state index is 0.218. The van der Waals surface area contributed by atoms with E-state index >= 15 is 0 Å². The van der Waals surface area contributed by atoms with Crippen LogP contribution in [0.25, 0.3) is 0 Å². The highest BCUT2D eigenvalue weighted by Gasteiger charge is 2.68. The molecule has 1 aliphatic heterocycles. The number of rotatable bonds is 2. The number of carbonyl (C=O) groups excluding carboxylic acids is 1. The van der Waals surface area contributed by atoms with Crippen LogP contribution in [0.5, 0.6) is 0 Å².